The number of nitrogens with one attached hydrogen (secondary N) is 1. The van der Waals surface area contributed by atoms with Crippen LogP contribution in [0.4, 0.5) is 5.69 Å². The van der Waals surface area contributed by atoms with E-state index in [0.717, 1.165) is 21.5 Å². The van der Waals surface area contributed by atoms with E-state index in [4.69, 9.17) is 0 Å². The van der Waals surface area contributed by atoms with Gasteiger partial charge in [-0.1, -0.05) is 0 Å². The molecular weight excluding hydrogens is 268 g/mol. The minimum absolute atomic E-state index is 0.672. The van der Waals surface area contributed by atoms with Crippen molar-refractivity contribution in [3.05, 3.63) is 46.7 Å². The van der Waals surface area contributed by atoms with E-state index < -0.39 is 0 Å². The van der Waals surface area contributed by atoms with E-state index in [1.54, 1.807) is 18.7 Å². The Morgan fingerprint density at radius 2 is 2.25 bits per heavy atom. The van der Waals surface area contributed by atoms with E-state index in [2.05, 4.69) is 36.2 Å². The number of halogens is 1. The monoisotopic (exact) mass is 278 g/mol. The van der Waals surface area contributed by atoms with Crippen LogP contribution in [-0.4, -0.2) is 15.0 Å². The van der Waals surface area contributed by atoms with Crippen LogP contribution in [0.2, 0.25) is 0 Å². The molecule has 0 atom stereocenters. The summed E-state index contributed by atoms with van der Waals surface area (Å²) in [4.78, 5) is 12.2. The molecule has 0 bridgehead atoms. The number of anilines is 1. The van der Waals surface area contributed by atoms with Gasteiger partial charge in [0.1, 0.15) is 10.9 Å². The molecule has 1 N–H and O–H groups in total. The molecule has 0 fully saturated rings. The molecule has 0 saturated heterocycles. The second kappa shape index (κ2) is 5.03. The maximum Gasteiger partial charge on any atom is 0.115 e. The molecule has 0 amide bonds. The van der Waals surface area contributed by atoms with Crippen LogP contribution in [-0.2, 0) is 6.54 Å². The van der Waals surface area contributed by atoms with E-state index in [9.17, 15) is 0 Å². The summed E-state index contributed by atoms with van der Waals surface area (Å²) < 4.78 is 0.875. The van der Waals surface area contributed by atoms with Crippen molar-refractivity contribution in [1.82, 2.24) is 15.0 Å². The molecule has 0 aromatic carbocycles. The molecule has 0 aliphatic rings. The van der Waals surface area contributed by atoms with Crippen LogP contribution in [0.15, 0.2) is 35.5 Å². The highest BCUT2D eigenvalue weighted by Crippen LogP contribution is 2.16. The minimum Gasteiger partial charge on any atom is -0.378 e. The highest BCUT2D eigenvalue weighted by atomic mass is 79.9. The molecule has 2 rings (SSSR count). The molecular formula is C11H11BrN4. The first kappa shape index (κ1) is 11.0. The van der Waals surface area contributed by atoms with Crippen molar-refractivity contribution in [1.29, 1.82) is 0 Å². The van der Waals surface area contributed by atoms with E-state index in [0.29, 0.717) is 6.54 Å². The van der Waals surface area contributed by atoms with Crippen LogP contribution in [0.3, 0.4) is 0 Å². The summed E-state index contributed by atoms with van der Waals surface area (Å²) in [5, 5.41) is 3.26. The van der Waals surface area contributed by atoms with Gasteiger partial charge >= 0.3 is 0 Å². The number of hydrogen-bond donors (Lipinski definition) is 1. The molecule has 0 aliphatic heterocycles. The number of rotatable bonds is 3. The molecule has 0 unspecified atom stereocenters. The largest absolute Gasteiger partial charge is 0.378 e. The quantitative estimate of drug-likeness (QED) is 0.877. The lowest BCUT2D eigenvalue weighted by Crippen LogP contribution is -2.02. The van der Waals surface area contributed by atoms with Crippen molar-refractivity contribution < 1.29 is 0 Å². The summed E-state index contributed by atoms with van der Waals surface area (Å²) in [6.45, 7) is 2.68. The smallest absolute Gasteiger partial charge is 0.115 e. The van der Waals surface area contributed by atoms with Crippen LogP contribution in [0.5, 0.6) is 0 Å². The maximum absolute atomic E-state index is 4.21. The Morgan fingerprint density at radius 3 is 2.94 bits per heavy atom. The van der Waals surface area contributed by atoms with Crippen molar-refractivity contribution in [2.45, 2.75) is 13.5 Å². The molecule has 0 radical (unpaired) electrons. The second-order valence-electron chi connectivity index (χ2n) is 3.39. The van der Waals surface area contributed by atoms with Crippen molar-refractivity contribution in [2.24, 2.45) is 0 Å². The number of hydrogen-bond acceptors (Lipinski definition) is 4. The van der Waals surface area contributed by atoms with Gasteiger partial charge in [0.2, 0.25) is 0 Å². The average Bonchev–Trinajstić information content (AvgIpc) is 2.32. The summed E-state index contributed by atoms with van der Waals surface area (Å²) in [6, 6.07) is 3.92. The Bertz CT molecular complexity index is 473. The molecule has 2 aromatic rings. The van der Waals surface area contributed by atoms with Gasteiger partial charge in [0.25, 0.3) is 0 Å². The average molecular weight is 279 g/mol. The zero-order valence-corrected chi connectivity index (χ0v) is 10.4. The summed E-state index contributed by atoms with van der Waals surface area (Å²) in [5.74, 6) is 0. The number of aryl methyl sites for hydroxylation is 1. The molecule has 0 aliphatic carbocycles. The van der Waals surface area contributed by atoms with Crippen LogP contribution >= 0.6 is 15.9 Å². The Hall–Kier alpha value is -1.49. The normalized spacial score (nSPS) is 10.1. The van der Waals surface area contributed by atoms with Crippen LogP contribution < -0.4 is 5.32 Å². The fourth-order valence-electron chi connectivity index (χ4n) is 1.27. The highest BCUT2D eigenvalue weighted by Gasteiger charge is 1.99. The fourth-order valence-corrected chi connectivity index (χ4v) is 1.49. The Balaban J connectivity index is 2.03. The predicted molar refractivity (Wildman–Crippen MR) is 66.0 cm³/mol. The molecule has 4 nitrogen and oxygen atoms in total. The van der Waals surface area contributed by atoms with Crippen molar-refractivity contribution in [3.8, 4) is 0 Å². The standard InChI is InChI=1S/C11H11BrN4/c1-8-4-10(6-15-11(8)12)14-5-9-2-3-13-7-16-9/h2-4,6-7,14H,5H2,1H3. The van der Waals surface area contributed by atoms with Crippen molar-refractivity contribution >= 4 is 21.6 Å². The van der Waals surface area contributed by atoms with Gasteiger partial charge in [-0.05, 0) is 40.5 Å². The first-order valence-electron chi connectivity index (χ1n) is 4.86. The number of aromatic nitrogens is 3. The zero-order chi connectivity index (χ0) is 11.4. The van der Waals surface area contributed by atoms with Gasteiger partial charge in [-0.15, -0.1) is 0 Å². The van der Waals surface area contributed by atoms with E-state index in [1.807, 2.05) is 19.1 Å². The summed E-state index contributed by atoms with van der Waals surface area (Å²) in [6.07, 6.45) is 5.06. The minimum atomic E-state index is 0.672. The van der Waals surface area contributed by atoms with Gasteiger partial charge in [0.15, 0.2) is 0 Å². The van der Waals surface area contributed by atoms with E-state index in [1.165, 1.54) is 0 Å². The Labute approximate surface area is 102 Å². The van der Waals surface area contributed by atoms with Crippen molar-refractivity contribution in [2.75, 3.05) is 5.32 Å². The van der Waals surface area contributed by atoms with Gasteiger partial charge < -0.3 is 5.32 Å². The van der Waals surface area contributed by atoms with Gasteiger partial charge in [-0.3, -0.25) is 0 Å². The second-order valence-corrected chi connectivity index (χ2v) is 4.14. The third-order valence-electron chi connectivity index (χ3n) is 2.13. The summed E-state index contributed by atoms with van der Waals surface area (Å²) in [5.41, 5.74) is 3.04. The third-order valence-corrected chi connectivity index (χ3v) is 2.96. The van der Waals surface area contributed by atoms with Gasteiger partial charge in [-0.2, -0.15) is 0 Å². The van der Waals surface area contributed by atoms with Gasteiger partial charge in [0.05, 0.1) is 24.1 Å². The highest BCUT2D eigenvalue weighted by molar-refractivity contribution is 9.10. The van der Waals surface area contributed by atoms with Crippen LogP contribution in [0, 0.1) is 6.92 Å². The lowest BCUT2D eigenvalue weighted by Gasteiger charge is -2.06. The Kier molecular flexibility index (Phi) is 3.46. The molecule has 2 heterocycles. The molecule has 82 valence electrons. The van der Waals surface area contributed by atoms with E-state index in [-0.39, 0.29) is 0 Å². The lowest BCUT2D eigenvalue weighted by atomic mass is 10.3. The van der Waals surface area contributed by atoms with Crippen LogP contribution in [0.25, 0.3) is 0 Å². The summed E-state index contributed by atoms with van der Waals surface area (Å²) in [7, 11) is 0. The third kappa shape index (κ3) is 2.76. The molecule has 2 aromatic heterocycles. The number of nitrogens with zero attached hydrogens (tertiary/aromatic N) is 3. The molecule has 16 heavy (non-hydrogen) atoms. The first-order chi connectivity index (χ1) is 7.75. The predicted octanol–water partition coefficient (Wildman–Crippen LogP) is 2.55. The molecule has 0 spiro atoms. The summed E-state index contributed by atoms with van der Waals surface area (Å²) >= 11 is 3.37. The molecule has 0 saturated carbocycles. The molecule has 5 heteroatoms. The zero-order valence-electron chi connectivity index (χ0n) is 8.81. The van der Waals surface area contributed by atoms with Crippen molar-refractivity contribution in [3.63, 3.8) is 0 Å². The maximum atomic E-state index is 4.21. The number of pyridine rings is 1. The van der Waals surface area contributed by atoms with Gasteiger partial charge in [0, 0.05) is 6.20 Å². The van der Waals surface area contributed by atoms with E-state index >= 15 is 0 Å². The lowest BCUT2D eigenvalue weighted by molar-refractivity contribution is 1.00. The van der Waals surface area contributed by atoms with Crippen LogP contribution in [0.1, 0.15) is 11.3 Å². The fraction of sp³-hybridized carbons (Fsp3) is 0.182. The van der Waals surface area contributed by atoms with Gasteiger partial charge in [-0.25, -0.2) is 15.0 Å². The Morgan fingerprint density at radius 1 is 1.38 bits per heavy atom. The topological polar surface area (TPSA) is 50.7 Å². The first-order valence-corrected chi connectivity index (χ1v) is 5.66. The SMILES string of the molecule is Cc1cc(NCc2ccncn2)cnc1Br.